The van der Waals surface area contributed by atoms with Gasteiger partial charge in [0.05, 0.1) is 19.8 Å². The van der Waals surface area contributed by atoms with E-state index in [2.05, 4.69) is 4.90 Å². The van der Waals surface area contributed by atoms with Gasteiger partial charge in [-0.05, 0) is 26.2 Å². The van der Waals surface area contributed by atoms with Crippen molar-refractivity contribution in [2.45, 2.75) is 31.8 Å². The third-order valence-electron chi connectivity index (χ3n) is 3.81. The molecule has 1 saturated heterocycles. The van der Waals surface area contributed by atoms with Crippen LogP contribution in [-0.4, -0.2) is 44.0 Å². The maximum Gasteiger partial charge on any atom is 0.350 e. The van der Waals surface area contributed by atoms with E-state index in [0.717, 1.165) is 24.4 Å². The van der Waals surface area contributed by atoms with Crippen LogP contribution in [0.3, 0.4) is 0 Å². The van der Waals surface area contributed by atoms with E-state index in [1.807, 2.05) is 6.92 Å². The summed E-state index contributed by atoms with van der Waals surface area (Å²) >= 11 is 1.28. The summed E-state index contributed by atoms with van der Waals surface area (Å²) in [6.45, 7) is 3.35. The summed E-state index contributed by atoms with van der Waals surface area (Å²) in [5.74, 6) is 0.0609. The molecular formula is C14H22N2O4S. The first kappa shape index (κ1) is 15.9. The lowest BCUT2D eigenvalue weighted by molar-refractivity contribution is 0.0481. The Balaban J connectivity index is 2.32. The van der Waals surface area contributed by atoms with Gasteiger partial charge < -0.3 is 25.2 Å². The maximum absolute atomic E-state index is 11.8. The molecule has 1 aliphatic rings. The van der Waals surface area contributed by atoms with Gasteiger partial charge in [-0.1, -0.05) is 0 Å². The molecular weight excluding hydrogens is 292 g/mol. The van der Waals surface area contributed by atoms with E-state index in [-0.39, 0.29) is 0 Å². The molecule has 21 heavy (non-hydrogen) atoms. The van der Waals surface area contributed by atoms with Crippen LogP contribution in [-0.2, 0) is 4.74 Å². The molecule has 3 N–H and O–H groups in total. The van der Waals surface area contributed by atoms with Gasteiger partial charge in [-0.25, -0.2) is 4.79 Å². The van der Waals surface area contributed by atoms with Crippen molar-refractivity contribution >= 4 is 28.0 Å². The third-order valence-corrected chi connectivity index (χ3v) is 5.04. The van der Waals surface area contributed by atoms with Crippen LogP contribution < -0.4 is 15.4 Å². The number of hydrogen-bond acceptors (Lipinski definition) is 7. The Bertz CT molecular complexity index is 527. The number of ether oxygens (including phenoxy) is 2. The molecule has 2 heterocycles. The average molecular weight is 314 g/mol. The number of nitrogens with zero attached hydrogens (tertiary/aromatic N) is 1. The Labute approximate surface area is 128 Å². The average Bonchev–Trinajstić information content (AvgIpc) is 2.66. The summed E-state index contributed by atoms with van der Waals surface area (Å²) in [6, 6.07) is 0. The minimum atomic E-state index is -0.643. The van der Waals surface area contributed by atoms with Crippen LogP contribution in [0.1, 0.15) is 35.9 Å². The number of carbonyl (C=O) groups is 1. The Morgan fingerprint density at radius 1 is 1.38 bits per heavy atom. The summed E-state index contributed by atoms with van der Waals surface area (Å²) in [6.07, 6.45) is 2.31. The molecule has 0 aliphatic carbocycles. The number of anilines is 2. The van der Waals surface area contributed by atoms with Crippen LogP contribution >= 0.6 is 11.3 Å². The predicted molar refractivity (Wildman–Crippen MR) is 83.3 cm³/mol. The molecule has 1 atom stereocenters. The minimum Gasteiger partial charge on any atom is -0.492 e. The molecule has 1 aliphatic heterocycles. The number of thiophene rings is 1. The van der Waals surface area contributed by atoms with Crippen LogP contribution in [0.5, 0.6) is 5.75 Å². The number of nitrogen functional groups attached to an aromatic ring is 1. The van der Waals surface area contributed by atoms with E-state index in [1.165, 1.54) is 25.6 Å². The SMILES string of the molecule is COC(=O)c1sc(N2CCCC(C)(O)CC2)c(OC)c1N. The standard InChI is InChI=1S/C14H22N2O4S/c1-14(18)5-4-7-16(8-6-14)12-10(19-2)9(15)11(21-12)13(17)20-3/h18H,4-8,15H2,1-3H3. The van der Waals surface area contributed by atoms with Crippen molar-refractivity contribution in [3.8, 4) is 5.75 Å². The van der Waals surface area contributed by atoms with E-state index in [9.17, 15) is 9.90 Å². The van der Waals surface area contributed by atoms with Gasteiger partial charge in [-0.3, -0.25) is 0 Å². The lowest BCUT2D eigenvalue weighted by Gasteiger charge is -2.23. The van der Waals surface area contributed by atoms with Crippen molar-refractivity contribution in [2.24, 2.45) is 0 Å². The van der Waals surface area contributed by atoms with Gasteiger partial charge >= 0.3 is 5.97 Å². The van der Waals surface area contributed by atoms with Gasteiger partial charge in [-0.15, -0.1) is 11.3 Å². The zero-order valence-corrected chi connectivity index (χ0v) is 13.5. The Morgan fingerprint density at radius 2 is 2.10 bits per heavy atom. The van der Waals surface area contributed by atoms with E-state index in [4.69, 9.17) is 15.2 Å². The Kier molecular flexibility index (Phi) is 4.63. The molecule has 0 spiro atoms. The lowest BCUT2D eigenvalue weighted by atomic mass is 9.98. The first-order valence-electron chi connectivity index (χ1n) is 6.91. The van der Waals surface area contributed by atoms with Crippen molar-refractivity contribution in [3.63, 3.8) is 0 Å². The van der Waals surface area contributed by atoms with Crippen molar-refractivity contribution < 1.29 is 19.4 Å². The molecule has 7 heteroatoms. The molecule has 1 fully saturated rings. The first-order valence-corrected chi connectivity index (χ1v) is 7.73. The van der Waals surface area contributed by atoms with Crippen LogP contribution in [0.15, 0.2) is 0 Å². The topological polar surface area (TPSA) is 85.0 Å². The van der Waals surface area contributed by atoms with Gasteiger partial charge in [-0.2, -0.15) is 0 Å². The molecule has 0 radical (unpaired) electrons. The fourth-order valence-electron chi connectivity index (χ4n) is 2.53. The summed E-state index contributed by atoms with van der Waals surface area (Å²) < 4.78 is 10.1. The summed E-state index contributed by atoms with van der Waals surface area (Å²) in [5.41, 5.74) is 5.68. The highest BCUT2D eigenvalue weighted by atomic mass is 32.1. The normalized spacial score (nSPS) is 22.8. The van der Waals surface area contributed by atoms with Crippen molar-refractivity contribution in [3.05, 3.63) is 4.88 Å². The van der Waals surface area contributed by atoms with E-state index < -0.39 is 11.6 Å². The molecule has 0 amide bonds. The smallest absolute Gasteiger partial charge is 0.350 e. The van der Waals surface area contributed by atoms with Crippen LogP contribution in [0.25, 0.3) is 0 Å². The molecule has 2 rings (SSSR count). The molecule has 0 bridgehead atoms. The molecule has 1 aromatic rings. The van der Waals surface area contributed by atoms with Gasteiger partial charge in [0.15, 0.2) is 5.75 Å². The van der Waals surface area contributed by atoms with Crippen molar-refractivity contribution in [1.82, 2.24) is 0 Å². The molecule has 0 saturated carbocycles. The number of aliphatic hydroxyl groups is 1. The maximum atomic E-state index is 11.8. The second kappa shape index (κ2) is 6.11. The van der Waals surface area contributed by atoms with Crippen LogP contribution in [0, 0.1) is 0 Å². The summed E-state index contributed by atoms with van der Waals surface area (Å²) in [7, 11) is 2.87. The predicted octanol–water partition coefficient (Wildman–Crippen LogP) is 1.87. The molecule has 1 aromatic heterocycles. The lowest BCUT2D eigenvalue weighted by Crippen LogP contribution is -2.28. The van der Waals surface area contributed by atoms with Gasteiger partial charge in [0.25, 0.3) is 0 Å². The molecule has 6 nitrogen and oxygen atoms in total. The largest absolute Gasteiger partial charge is 0.492 e. The summed E-state index contributed by atoms with van der Waals surface area (Å²) in [5, 5.41) is 11.0. The quantitative estimate of drug-likeness (QED) is 0.829. The van der Waals surface area contributed by atoms with Gasteiger partial charge in [0, 0.05) is 13.1 Å². The summed E-state index contributed by atoms with van der Waals surface area (Å²) in [4.78, 5) is 14.2. The molecule has 1 unspecified atom stereocenters. The fourth-order valence-corrected chi connectivity index (χ4v) is 3.69. The third kappa shape index (κ3) is 3.24. The number of hydrogen-bond donors (Lipinski definition) is 2. The number of nitrogens with two attached hydrogens (primary N) is 1. The highest BCUT2D eigenvalue weighted by Gasteiger charge is 2.30. The van der Waals surface area contributed by atoms with Crippen LogP contribution in [0.4, 0.5) is 10.7 Å². The van der Waals surface area contributed by atoms with E-state index in [0.29, 0.717) is 29.3 Å². The van der Waals surface area contributed by atoms with Crippen molar-refractivity contribution in [2.75, 3.05) is 37.9 Å². The van der Waals surface area contributed by atoms with Gasteiger partial charge in [0.1, 0.15) is 15.6 Å². The first-order chi connectivity index (χ1) is 9.89. The Morgan fingerprint density at radius 3 is 2.71 bits per heavy atom. The number of rotatable bonds is 3. The fraction of sp³-hybridized carbons (Fsp3) is 0.643. The highest BCUT2D eigenvalue weighted by molar-refractivity contribution is 7.19. The second-order valence-electron chi connectivity index (χ2n) is 5.51. The number of carbonyl (C=O) groups excluding carboxylic acids is 1. The Hall–Kier alpha value is -1.47. The van der Waals surface area contributed by atoms with Gasteiger partial charge in [0.2, 0.25) is 0 Å². The minimum absolute atomic E-state index is 0.320. The number of esters is 1. The van der Waals surface area contributed by atoms with Crippen molar-refractivity contribution in [1.29, 1.82) is 0 Å². The zero-order valence-electron chi connectivity index (χ0n) is 12.6. The van der Waals surface area contributed by atoms with Crippen LogP contribution in [0.2, 0.25) is 0 Å². The van der Waals surface area contributed by atoms with E-state index in [1.54, 1.807) is 0 Å². The monoisotopic (exact) mass is 314 g/mol. The molecule has 0 aromatic carbocycles. The highest BCUT2D eigenvalue weighted by Crippen LogP contribution is 2.45. The number of methoxy groups -OCH3 is 2. The van der Waals surface area contributed by atoms with E-state index >= 15 is 0 Å². The molecule has 118 valence electrons. The zero-order chi connectivity index (χ0) is 15.6. The second-order valence-corrected chi connectivity index (χ2v) is 6.51.